The fourth-order valence-corrected chi connectivity index (χ4v) is 3.92. The van der Waals surface area contributed by atoms with E-state index in [0.29, 0.717) is 60.9 Å². The molecule has 8 heteroatoms. The summed E-state index contributed by atoms with van der Waals surface area (Å²) >= 11 is 0. The Morgan fingerprint density at radius 1 is 1.03 bits per heavy atom. The number of fused-ring (bicyclic) bond motifs is 1. The second kappa shape index (κ2) is 7.18. The normalized spacial score (nSPS) is 15.4. The van der Waals surface area contributed by atoms with E-state index in [0.717, 1.165) is 11.2 Å². The maximum atomic E-state index is 14.9. The molecule has 4 rings (SSSR count). The summed E-state index contributed by atoms with van der Waals surface area (Å²) in [6.45, 7) is 8.49. The van der Waals surface area contributed by atoms with Crippen LogP contribution in [0.15, 0.2) is 30.6 Å². The van der Waals surface area contributed by atoms with Crippen LogP contribution in [0.1, 0.15) is 22.8 Å². The van der Waals surface area contributed by atoms with Crippen molar-refractivity contribution < 1.29 is 13.2 Å². The number of rotatable bonds is 3. The van der Waals surface area contributed by atoms with Crippen molar-refractivity contribution in [1.82, 2.24) is 9.47 Å². The number of piperazine rings is 1. The minimum atomic E-state index is -0.689. The molecule has 7 nitrogen and oxygen atoms in total. The third kappa shape index (κ3) is 3.37. The van der Waals surface area contributed by atoms with Gasteiger partial charge in [0.25, 0.3) is 0 Å². The van der Waals surface area contributed by atoms with Gasteiger partial charge in [0.15, 0.2) is 11.2 Å². The molecule has 0 atom stereocenters. The Morgan fingerprint density at radius 3 is 2.34 bits per heavy atom. The van der Waals surface area contributed by atoms with E-state index in [4.69, 9.17) is 8.83 Å². The van der Waals surface area contributed by atoms with Crippen LogP contribution in [0.25, 0.3) is 10.9 Å². The molecule has 2 aromatic heterocycles. The Balaban J connectivity index is 1.58. The number of pyridine rings is 1. The predicted molar refractivity (Wildman–Crippen MR) is 108 cm³/mol. The molecule has 3 heterocycles. The van der Waals surface area contributed by atoms with Crippen molar-refractivity contribution in [1.29, 1.82) is 0 Å². The number of aryl methyl sites for hydroxylation is 2. The molecule has 154 valence electrons. The SMILES string of the molecule is Cc1oc(=O)oc1CN1CCN(c2cc3c(cc2F)c(=O)c(C)c(C)n3C)CC1. The average Bonchev–Trinajstić information content (AvgIpc) is 3.02. The van der Waals surface area contributed by atoms with Crippen molar-refractivity contribution in [3.05, 3.63) is 61.6 Å². The number of halogens is 1. The second-order valence-electron chi connectivity index (χ2n) is 7.62. The lowest BCUT2D eigenvalue weighted by atomic mass is 10.1. The predicted octanol–water partition coefficient (Wildman–Crippen LogP) is 2.47. The molecule has 0 amide bonds. The van der Waals surface area contributed by atoms with E-state index < -0.39 is 5.82 Å². The summed E-state index contributed by atoms with van der Waals surface area (Å²) in [5.74, 6) is -0.0562. The molecule has 3 aromatic rings. The van der Waals surface area contributed by atoms with Crippen LogP contribution in [0.2, 0.25) is 0 Å². The largest absolute Gasteiger partial charge is 0.519 e. The molecule has 1 fully saturated rings. The summed E-state index contributed by atoms with van der Waals surface area (Å²) in [6.07, 6.45) is 0. The lowest BCUT2D eigenvalue weighted by Crippen LogP contribution is -2.46. The summed E-state index contributed by atoms with van der Waals surface area (Å²) < 4.78 is 26.8. The van der Waals surface area contributed by atoms with Gasteiger partial charge in [0.1, 0.15) is 11.6 Å². The molecule has 0 bridgehead atoms. The minimum Gasteiger partial charge on any atom is -0.396 e. The Bertz CT molecular complexity index is 1200. The standard InChI is InChI=1S/C21H24FN3O4/c1-12-13(2)23(4)17-10-18(16(22)9-15(17)20(12)26)25-7-5-24(6-8-25)11-19-14(3)28-21(27)29-19/h9-10H,5-8,11H2,1-4H3. The molecule has 1 saturated heterocycles. The zero-order valence-electron chi connectivity index (χ0n) is 17.0. The van der Waals surface area contributed by atoms with Gasteiger partial charge in [-0.1, -0.05) is 0 Å². The van der Waals surface area contributed by atoms with Crippen molar-refractivity contribution in [3.63, 3.8) is 0 Å². The van der Waals surface area contributed by atoms with Crippen molar-refractivity contribution >= 4 is 16.6 Å². The number of hydrogen-bond acceptors (Lipinski definition) is 6. The van der Waals surface area contributed by atoms with Crippen LogP contribution in [0.4, 0.5) is 10.1 Å². The molecule has 1 aromatic carbocycles. The Morgan fingerprint density at radius 2 is 1.72 bits per heavy atom. The highest BCUT2D eigenvalue weighted by Crippen LogP contribution is 2.27. The van der Waals surface area contributed by atoms with Gasteiger partial charge in [0, 0.05) is 49.9 Å². The van der Waals surface area contributed by atoms with E-state index >= 15 is 0 Å². The first-order chi connectivity index (χ1) is 13.8. The van der Waals surface area contributed by atoms with Gasteiger partial charge in [0.05, 0.1) is 17.7 Å². The van der Waals surface area contributed by atoms with E-state index in [9.17, 15) is 14.0 Å². The van der Waals surface area contributed by atoms with E-state index in [1.54, 1.807) is 19.9 Å². The van der Waals surface area contributed by atoms with Gasteiger partial charge in [-0.3, -0.25) is 9.69 Å². The first-order valence-electron chi connectivity index (χ1n) is 9.62. The molecular formula is C21H24FN3O4. The molecule has 0 unspecified atom stereocenters. The van der Waals surface area contributed by atoms with Gasteiger partial charge >= 0.3 is 5.82 Å². The first-order valence-corrected chi connectivity index (χ1v) is 9.62. The second-order valence-corrected chi connectivity index (χ2v) is 7.62. The van der Waals surface area contributed by atoms with Crippen molar-refractivity contribution in [3.8, 4) is 0 Å². The third-order valence-corrected chi connectivity index (χ3v) is 5.97. The molecule has 0 aliphatic carbocycles. The van der Waals surface area contributed by atoms with Crippen LogP contribution in [-0.2, 0) is 13.6 Å². The Labute approximate surface area is 166 Å². The zero-order valence-corrected chi connectivity index (χ0v) is 17.0. The maximum absolute atomic E-state index is 14.9. The van der Waals surface area contributed by atoms with Crippen LogP contribution in [0, 0.1) is 26.6 Å². The van der Waals surface area contributed by atoms with Gasteiger partial charge in [-0.05, 0) is 32.9 Å². The number of hydrogen-bond donors (Lipinski definition) is 0. The highest BCUT2D eigenvalue weighted by molar-refractivity contribution is 5.84. The fraction of sp³-hybridized carbons (Fsp3) is 0.429. The highest BCUT2D eigenvalue weighted by atomic mass is 19.1. The maximum Gasteiger partial charge on any atom is 0.519 e. The lowest BCUT2D eigenvalue weighted by Gasteiger charge is -2.36. The molecule has 0 spiro atoms. The molecule has 1 aliphatic heterocycles. The van der Waals surface area contributed by atoms with Crippen molar-refractivity contribution in [2.45, 2.75) is 27.3 Å². The number of benzene rings is 1. The summed E-state index contributed by atoms with van der Waals surface area (Å²) in [7, 11) is 1.89. The van der Waals surface area contributed by atoms with Gasteiger partial charge in [-0.2, -0.15) is 0 Å². The van der Waals surface area contributed by atoms with Crippen molar-refractivity contribution in [2.24, 2.45) is 7.05 Å². The van der Waals surface area contributed by atoms with Crippen LogP contribution >= 0.6 is 0 Å². The summed E-state index contributed by atoms with van der Waals surface area (Å²) in [5.41, 5.74) is 2.63. The van der Waals surface area contributed by atoms with Gasteiger partial charge in [-0.25, -0.2) is 9.18 Å². The van der Waals surface area contributed by atoms with Crippen LogP contribution in [-0.4, -0.2) is 35.6 Å². The van der Waals surface area contributed by atoms with E-state index in [2.05, 4.69) is 4.90 Å². The number of nitrogens with zero attached hydrogens (tertiary/aromatic N) is 3. The summed E-state index contributed by atoms with van der Waals surface area (Å²) in [5, 5.41) is 0.404. The van der Waals surface area contributed by atoms with Crippen LogP contribution < -0.4 is 16.2 Å². The summed E-state index contributed by atoms with van der Waals surface area (Å²) in [6, 6.07) is 3.13. The average molecular weight is 401 g/mol. The minimum absolute atomic E-state index is 0.122. The monoisotopic (exact) mass is 401 g/mol. The fourth-order valence-electron chi connectivity index (χ4n) is 3.92. The molecule has 0 saturated carbocycles. The zero-order chi connectivity index (χ0) is 20.9. The van der Waals surface area contributed by atoms with E-state index in [-0.39, 0.29) is 11.2 Å². The van der Waals surface area contributed by atoms with E-state index in [1.165, 1.54) is 6.07 Å². The quantitative estimate of drug-likeness (QED) is 0.672. The van der Waals surface area contributed by atoms with Crippen molar-refractivity contribution in [2.75, 3.05) is 31.1 Å². The van der Waals surface area contributed by atoms with E-state index in [1.807, 2.05) is 23.4 Å². The Hall–Kier alpha value is -2.87. The van der Waals surface area contributed by atoms with Gasteiger partial charge in [0.2, 0.25) is 0 Å². The van der Waals surface area contributed by atoms with Crippen LogP contribution in [0.5, 0.6) is 0 Å². The summed E-state index contributed by atoms with van der Waals surface area (Å²) in [4.78, 5) is 27.9. The first kappa shape index (κ1) is 19.4. The number of anilines is 1. The number of aromatic nitrogens is 1. The molecule has 29 heavy (non-hydrogen) atoms. The molecule has 1 aliphatic rings. The topological polar surface area (TPSA) is 71.8 Å². The molecule has 0 radical (unpaired) electrons. The van der Waals surface area contributed by atoms with Crippen LogP contribution in [0.3, 0.4) is 0 Å². The van der Waals surface area contributed by atoms with Gasteiger partial charge in [-0.15, -0.1) is 0 Å². The smallest absolute Gasteiger partial charge is 0.396 e. The molecule has 0 N–H and O–H groups in total. The third-order valence-electron chi connectivity index (χ3n) is 5.97. The van der Waals surface area contributed by atoms with Gasteiger partial charge < -0.3 is 18.3 Å². The lowest BCUT2D eigenvalue weighted by molar-refractivity contribution is 0.226. The Kier molecular flexibility index (Phi) is 4.82. The molecular weight excluding hydrogens is 377 g/mol. The highest BCUT2D eigenvalue weighted by Gasteiger charge is 2.23.